The molecular formula is C26H36N2O7. The van der Waals surface area contributed by atoms with Gasteiger partial charge in [-0.3, -0.25) is 9.47 Å². The minimum Gasteiger partial charge on any atom is -0.490 e. The Labute approximate surface area is 206 Å². The molecule has 0 spiro atoms. The van der Waals surface area contributed by atoms with Crippen molar-refractivity contribution < 1.29 is 28.8 Å². The number of rotatable bonds is 13. The molecule has 1 aromatic heterocycles. The second-order valence-electron chi connectivity index (χ2n) is 9.16. The number of aromatic carboxylic acids is 1. The Bertz CT molecular complexity index is 1090. The topological polar surface area (TPSA) is 99.5 Å². The summed E-state index contributed by atoms with van der Waals surface area (Å²) in [5.74, 6) is -0.0430. The molecule has 1 aliphatic heterocycles. The molecule has 0 fully saturated rings. The SMILES string of the molecule is CCC(C)(C)N1Cc2cc(OCCCOC)c(OCCCOC)cc2-c2cc(=O)c(C(=O)O)cn21. The van der Waals surface area contributed by atoms with E-state index in [1.807, 2.05) is 12.1 Å². The lowest BCUT2D eigenvalue weighted by Gasteiger charge is -2.45. The first kappa shape index (κ1) is 26.6. The molecule has 1 aliphatic rings. The third-order valence-corrected chi connectivity index (χ3v) is 6.35. The number of nitrogens with zero attached hydrogens (tertiary/aromatic N) is 2. The van der Waals surface area contributed by atoms with E-state index >= 15 is 0 Å². The zero-order valence-electron chi connectivity index (χ0n) is 21.3. The van der Waals surface area contributed by atoms with Crippen molar-refractivity contribution in [3.8, 4) is 22.8 Å². The smallest absolute Gasteiger partial charge is 0.341 e. The number of hydrogen-bond donors (Lipinski definition) is 1. The molecule has 192 valence electrons. The predicted octanol–water partition coefficient (Wildman–Crippen LogP) is 3.68. The van der Waals surface area contributed by atoms with E-state index in [1.54, 1.807) is 18.9 Å². The molecule has 0 saturated heterocycles. The van der Waals surface area contributed by atoms with E-state index in [0.717, 1.165) is 24.0 Å². The van der Waals surface area contributed by atoms with Gasteiger partial charge in [0.25, 0.3) is 0 Å². The van der Waals surface area contributed by atoms with E-state index < -0.39 is 11.4 Å². The van der Waals surface area contributed by atoms with Gasteiger partial charge in [-0.1, -0.05) is 6.92 Å². The molecule has 0 saturated carbocycles. The first-order chi connectivity index (χ1) is 16.7. The number of ether oxygens (including phenoxy) is 4. The normalized spacial score (nSPS) is 12.8. The molecule has 1 aromatic carbocycles. The lowest BCUT2D eigenvalue weighted by molar-refractivity contribution is 0.0694. The van der Waals surface area contributed by atoms with Crippen LogP contribution in [0.15, 0.2) is 29.2 Å². The zero-order chi connectivity index (χ0) is 25.6. The maximum atomic E-state index is 12.7. The number of carbonyl (C=O) groups is 1. The van der Waals surface area contributed by atoms with Crippen LogP contribution < -0.4 is 19.9 Å². The van der Waals surface area contributed by atoms with E-state index in [4.69, 9.17) is 18.9 Å². The van der Waals surface area contributed by atoms with E-state index in [0.29, 0.717) is 56.6 Å². The molecule has 3 rings (SSSR count). The minimum absolute atomic E-state index is 0.261. The highest BCUT2D eigenvalue weighted by Crippen LogP contribution is 2.40. The largest absolute Gasteiger partial charge is 0.490 e. The number of carboxylic acids is 1. The molecule has 0 unspecified atom stereocenters. The van der Waals surface area contributed by atoms with E-state index in [2.05, 4.69) is 25.8 Å². The highest BCUT2D eigenvalue weighted by Gasteiger charge is 2.33. The molecule has 2 aromatic rings. The van der Waals surface area contributed by atoms with Crippen molar-refractivity contribution >= 4 is 5.97 Å². The van der Waals surface area contributed by atoms with Crippen LogP contribution in [0.2, 0.25) is 0 Å². The quantitative estimate of drug-likeness (QED) is 0.426. The second-order valence-corrected chi connectivity index (χ2v) is 9.16. The highest BCUT2D eigenvalue weighted by molar-refractivity contribution is 5.88. The monoisotopic (exact) mass is 488 g/mol. The van der Waals surface area contributed by atoms with Crippen LogP contribution in [0.25, 0.3) is 11.3 Å². The maximum absolute atomic E-state index is 12.7. The molecule has 1 N–H and O–H groups in total. The van der Waals surface area contributed by atoms with Gasteiger partial charge in [0.1, 0.15) is 5.56 Å². The maximum Gasteiger partial charge on any atom is 0.341 e. The van der Waals surface area contributed by atoms with E-state index in [9.17, 15) is 14.7 Å². The van der Waals surface area contributed by atoms with Gasteiger partial charge in [0.05, 0.1) is 31.0 Å². The van der Waals surface area contributed by atoms with Gasteiger partial charge in [-0.15, -0.1) is 0 Å². The fraction of sp³-hybridized carbons (Fsp3) is 0.538. The number of carboxylic acid groups (broad SMARTS) is 1. The van der Waals surface area contributed by atoms with Crippen molar-refractivity contribution in [1.29, 1.82) is 0 Å². The summed E-state index contributed by atoms with van der Waals surface area (Å²) < 4.78 is 24.2. The van der Waals surface area contributed by atoms with Crippen molar-refractivity contribution in [3.05, 3.63) is 45.7 Å². The molecule has 0 aliphatic carbocycles. The molecule has 0 amide bonds. The van der Waals surface area contributed by atoms with Gasteiger partial charge in [-0.05, 0) is 38.0 Å². The molecular weight excluding hydrogens is 452 g/mol. The molecule has 0 bridgehead atoms. The van der Waals surface area contributed by atoms with Crippen molar-refractivity contribution in [3.63, 3.8) is 0 Å². The summed E-state index contributed by atoms with van der Waals surface area (Å²) in [6.45, 7) is 8.87. The Morgan fingerprint density at radius 3 is 2.14 bits per heavy atom. The lowest BCUT2D eigenvalue weighted by Crippen LogP contribution is -2.52. The van der Waals surface area contributed by atoms with Gasteiger partial charge in [0, 0.05) is 58.1 Å². The standard InChI is InChI=1S/C26H36N2O7/c1-6-26(2,3)28-16-18-13-23(34-11-7-9-32-4)24(35-12-8-10-33-5)14-19(18)21-15-22(29)20(25(30)31)17-27(21)28/h13-15,17H,6-12,16H2,1-5H3,(H,30,31). The van der Waals surface area contributed by atoms with E-state index in [-0.39, 0.29) is 11.1 Å². The molecule has 35 heavy (non-hydrogen) atoms. The molecule has 9 heteroatoms. The van der Waals surface area contributed by atoms with Gasteiger partial charge in [-0.2, -0.15) is 0 Å². The molecule has 2 heterocycles. The van der Waals surface area contributed by atoms with Gasteiger partial charge in [0.15, 0.2) is 16.9 Å². The predicted molar refractivity (Wildman–Crippen MR) is 133 cm³/mol. The molecule has 0 atom stereocenters. The first-order valence-electron chi connectivity index (χ1n) is 11.9. The average Bonchev–Trinajstić information content (AvgIpc) is 2.83. The minimum atomic E-state index is -1.24. The van der Waals surface area contributed by atoms with Gasteiger partial charge in [0.2, 0.25) is 0 Å². The first-order valence-corrected chi connectivity index (χ1v) is 11.9. The van der Waals surface area contributed by atoms with Crippen LogP contribution in [0.5, 0.6) is 11.5 Å². The number of benzene rings is 1. The summed E-state index contributed by atoms with van der Waals surface area (Å²) in [6, 6.07) is 5.25. The number of fused-ring (bicyclic) bond motifs is 3. The summed E-state index contributed by atoms with van der Waals surface area (Å²) in [7, 11) is 3.30. The fourth-order valence-corrected chi connectivity index (χ4v) is 3.98. The van der Waals surface area contributed by atoms with Crippen LogP contribution in [0, 0.1) is 0 Å². The van der Waals surface area contributed by atoms with Crippen molar-refractivity contribution in [1.82, 2.24) is 4.68 Å². The van der Waals surface area contributed by atoms with Crippen LogP contribution in [0.4, 0.5) is 0 Å². The third-order valence-electron chi connectivity index (χ3n) is 6.35. The Hall–Kier alpha value is -3.04. The lowest BCUT2D eigenvalue weighted by atomic mass is 9.95. The summed E-state index contributed by atoms with van der Waals surface area (Å²) >= 11 is 0. The number of aromatic nitrogens is 1. The average molecular weight is 489 g/mol. The van der Waals surface area contributed by atoms with Crippen LogP contribution in [-0.2, 0) is 16.0 Å². The number of pyridine rings is 1. The van der Waals surface area contributed by atoms with Crippen molar-refractivity contribution in [2.75, 3.05) is 45.7 Å². The van der Waals surface area contributed by atoms with Crippen molar-refractivity contribution in [2.24, 2.45) is 0 Å². The van der Waals surface area contributed by atoms with Gasteiger partial charge >= 0.3 is 5.97 Å². The third kappa shape index (κ3) is 5.97. The Balaban J connectivity index is 2.11. The Morgan fingerprint density at radius 1 is 1.00 bits per heavy atom. The fourth-order valence-electron chi connectivity index (χ4n) is 3.98. The summed E-state index contributed by atoms with van der Waals surface area (Å²) in [5.41, 5.74) is 1.31. The summed E-state index contributed by atoms with van der Waals surface area (Å²) in [4.78, 5) is 24.4. The van der Waals surface area contributed by atoms with Crippen LogP contribution in [-0.4, -0.2) is 61.9 Å². The van der Waals surface area contributed by atoms with Crippen LogP contribution >= 0.6 is 0 Å². The van der Waals surface area contributed by atoms with Gasteiger partial charge < -0.3 is 29.1 Å². The number of hydrogen-bond acceptors (Lipinski definition) is 7. The number of methoxy groups -OCH3 is 2. The zero-order valence-corrected chi connectivity index (χ0v) is 21.3. The van der Waals surface area contributed by atoms with Crippen molar-refractivity contribution in [2.45, 2.75) is 52.1 Å². The Kier molecular flexibility index (Phi) is 8.80. The molecule has 0 radical (unpaired) electrons. The highest BCUT2D eigenvalue weighted by atomic mass is 16.5. The second kappa shape index (κ2) is 11.6. The van der Waals surface area contributed by atoms with Gasteiger partial charge in [-0.25, -0.2) is 4.79 Å². The van der Waals surface area contributed by atoms with Crippen LogP contribution in [0.1, 0.15) is 56.0 Å². The molecule has 9 nitrogen and oxygen atoms in total. The summed E-state index contributed by atoms with van der Waals surface area (Å²) in [6.07, 6.45) is 3.70. The summed E-state index contributed by atoms with van der Waals surface area (Å²) in [5, 5.41) is 11.7. The van der Waals surface area contributed by atoms with E-state index in [1.165, 1.54) is 12.3 Å². The van der Waals surface area contributed by atoms with Crippen LogP contribution in [0.3, 0.4) is 0 Å². The Morgan fingerprint density at radius 2 is 1.60 bits per heavy atom.